The van der Waals surface area contributed by atoms with Crippen LogP contribution in [0, 0.1) is 17.8 Å². The molecule has 2 aliphatic carbocycles. The third-order valence-electron chi connectivity index (χ3n) is 7.82. The monoisotopic (exact) mass is 680 g/mol. The summed E-state index contributed by atoms with van der Waals surface area (Å²) >= 11 is 0. The van der Waals surface area contributed by atoms with Crippen LogP contribution in [0.3, 0.4) is 0 Å². The number of allylic oxidation sites excluding steroid dienone is 2. The van der Waals surface area contributed by atoms with Crippen LogP contribution in [0.15, 0.2) is 36.4 Å². The molecule has 1 heterocycles. The van der Waals surface area contributed by atoms with Crippen molar-refractivity contribution in [3.8, 4) is 5.75 Å². The summed E-state index contributed by atoms with van der Waals surface area (Å²) in [5, 5.41) is 3.26. The molecule has 1 aromatic rings. The quantitative estimate of drug-likeness (QED) is 0.0482. The second-order valence-electron chi connectivity index (χ2n) is 11.2. The van der Waals surface area contributed by atoms with Crippen LogP contribution < -0.4 is 10.1 Å². The molecule has 3 unspecified atom stereocenters. The lowest BCUT2D eigenvalue weighted by Crippen LogP contribution is -2.32. The Morgan fingerprint density at radius 3 is 2.30 bits per heavy atom. The second-order valence-corrected chi connectivity index (χ2v) is 13.9. The van der Waals surface area contributed by atoms with Gasteiger partial charge in [0.05, 0.1) is 19.8 Å². The van der Waals surface area contributed by atoms with E-state index in [4.69, 9.17) is 23.7 Å². The molecule has 1 aromatic carbocycles. The molecule has 2 fully saturated rings. The van der Waals surface area contributed by atoms with Crippen LogP contribution in [0.4, 0.5) is 9.59 Å². The van der Waals surface area contributed by atoms with Gasteiger partial charge in [0.2, 0.25) is 0 Å². The summed E-state index contributed by atoms with van der Waals surface area (Å²) in [6, 6.07) is 6.90. The molecule has 14 heteroatoms. The van der Waals surface area contributed by atoms with Crippen molar-refractivity contribution in [2.45, 2.75) is 64.8 Å². The standard InChI is InChI=1S/C32H44N2O10S2/c1-23(43-25-11-9-24(10-12-25)21-42-32(38)44-34-29(35)13-14-30(34)36)40-18-20-46-45-19-17-39-16-6-15-33-31(37)41-22-28-26-7-4-2-3-5-8-27(26)28/h2-3,9-12,23,26-28H,4-8,13-22H2,1H3,(H,33,37)/b3-2-. The number of imide groups is 1. The van der Waals surface area contributed by atoms with Crippen molar-refractivity contribution in [3.05, 3.63) is 42.0 Å². The molecule has 46 heavy (non-hydrogen) atoms. The number of rotatable bonds is 19. The van der Waals surface area contributed by atoms with Gasteiger partial charge in [0.15, 0.2) is 6.29 Å². The van der Waals surface area contributed by atoms with Crippen LogP contribution in [0.25, 0.3) is 0 Å². The van der Waals surface area contributed by atoms with Crippen molar-refractivity contribution in [3.63, 3.8) is 0 Å². The van der Waals surface area contributed by atoms with E-state index in [2.05, 4.69) is 22.3 Å². The minimum Gasteiger partial charge on any atom is -0.465 e. The van der Waals surface area contributed by atoms with E-state index >= 15 is 0 Å². The first-order chi connectivity index (χ1) is 22.4. The average Bonchev–Trinajstić information content (AvgIpc) is 3.58. The SMILES string of the molecule is CC(OCCSSCCOCCCNC(=O)OCC1C2CC/C=C\CCC21)Oc1ccc(COC(=O)ON2C(=O)CCC2=O)cc1. The Morgan fingerprint density at radius 1 is 0.935 bits per heavy atom. The first-order valence-electron chi connectivity index (χ1n) is 15.9. The third-order valence-corrected chi connectivity index (χ3v) is 10.2. The molecule has 3 atom stereocenters. The first-order valence-corrected chi connectivity index (χ1v) is 18.3. The van der Waals surface area contributed by atoms with E-state index in [-0.39, 0.29) is 25.5 Å². The fourth-order valence-corrected chi connectivity index (χ4v) is 7.08. The number of hydroxylamine groups is 2. The predicted molar refractivity (Wildman–Crippen MR) is 173 cm³/mol. The maximum absolute atomic E-state index is 12.0. The normalized spacial score (nSPS) is 21.8. The van der Waals surface area contributed by atoms with E-state index in [9.17, 15) is 19.2 Å². The zero-order valence-electron chi connectivity index (χ0n) is 26.2. The smallest absolute Gasteiger partial charge is 0.465 e. The highest BCUT2D eigenvalue weighted by molar-refractivity contribution is 8.76. The van der Waals surface area contributed by atoms with Crippen molar-refractivity contribution in [2.24, 2.45) is 17.8 Å². The van der Waals surface area contributed by atoms with Gasteiger partial charge < -0.3 is 29.0 Å². The highest BCUT2D eigenvalue weighted by atomic mass is 33.1. The molecule has 0 radical (unpaired) electrons. The lowest BCUT2D eigenvalue weighted by Gasteiger charge is -2.16. The van der Waals surface area contributed by atoms with Gasteiger partial charge in [-0.25, -0.2) is 9.59 Å². The summed E-state index contributed by atoms with van der Waals surface area (Å²) in [6.07, 6.45) is 8.15. The number of fused-ring (bicyclic) bond motifs is 1. The highest BCUT2D eigenvalue weighted by Gasteiger charge is 2.49. The molecule has 3 amide bonds. The van der Waals surface area contributed by atoms with E-state index < -0.39 is 24.3 Å². The van der Waals surface area contributed by atoms with E-state index in [1.165, 1.54) is 12.8 Å². The number of carbonyl (C=O) groups is 4. The molecule has 1 saturated heterocycles. The number of nitrogens with one attached hydrogen (secondary N) is 1. The zero-order chi connectivity index (χ0) is 32.6. The fourth-order valence-electron chi connectivity index (χ4n) is 5.38. The molecule has 4 rings (SSSR count). The summed E-state index contributed by atoms with van der Waals surface area (Å²) in [6.45, 7) is 4.56. The van der Waals surface area contributed by atoms with Crippen LogP contribution in [0.1, 0.15) is 57.4 Å². The van der Waals surface area contributed by atoms with Gasteiger partial charge in [0, 0.05) is 37.5 Å². The van der Waals surface area contributed by atoms with E-state index in [0.717, 1.165) is 42.6 Å². The van der Waals surface area contributed by atoms with Gasteiger partial charge in [0.25, 0.3) is 11.8 Å². The Bertz CT molecular complexity index is 1140. The fraction of sp³-hybridized carbons (Fsp3) is 0.625. The van der Waals surface area contributed by atoms with Crippen molar-refractivity contribution in [2.75, 3.05) is 44.5 Å². The molecule has 254 valence electrons. The van der Waals surface area contributed by atoms with Crippen LogP contribution >= 0.6 is 21.6 Å². The van der Waals surface area contributed by atoms with Crippen molar-refractivity contribution < 1.29 is 47.7 Å². The number of amides is 3. The Kier molecular flexibility index (Phi) is 15.3. The number of hydrogen-bond acceptors (Lipinski definition) is 12. The van der Waals surface area contributed by atoms with Gasteiger partial charge in [-0.3, -0.25) is 14.4 Å². The number of carbonyl (C=O) groups excluding carboxylic acids is 4. The lowest BCUT2D eigenvalue weighted by molar-refractivity contribution is -0.177. The third kappa shape index (κ3) is 12.7. The highest BCUT2D eigenvalue weighted by Crippen LogP contribution is 2.52. The number of nitrogens with zero attached hydrogens (tertiary/aromatic N) is 1. The maximum atomic E-state index is 12.0. The van der Waals surface area contributed by atoms with Crippen molar-refractivity contribution in [1.82, 2.24) is 10.4 Å². The van der Waals surface area contributed by atoms with Crippen LogP contribution in [0.5, 0.6) is 5.75 Å². The van der Waals surface area contributed by atoms with Gasteiger partial charge in [0.1, 0.15) is 12.4 Å². The van der Waals surface area contributed by atoms with Crippen molar-refractivity contribution in [1.29, 1.82) is 0 Å². The Hall–Kier alpha value is -2.94. The van der Waals surface area contributed by atoms with Crippen LogP contribution in [-0.4, -0.2) is 79.9 Å². The number of alkyl carbamates (subject to hydrolysis) is 1. The Balaban J connectivity index is 0.912. The first kappa shape index (κ1) is 35.9. The van der Waals surface area contributed by atoms with Gasteiger partial charge in [-0.1, -0.05) is 50.9 Å². The maximum Gasteiger partial charge on any atom is 0.534 e. The molecule has 0 bridgehead atoms. The summed E-state index contributed by atoms with van der Waals surface area (Å²) in [4.78, 5) is 51.4. The Morgan fingerprint density at radius 2 is 1.61 bits per heavy atom. The molecule has 12 nitrogen and oxygen atoms in total. The predicted octanol–water partition coefficient (Wildman–Crippen LogP) is 5.65. The summed E-state index contributed by atoms with van der Waals surface area (Å²) in [5.74, 6) is 3.11. The molecular weight excluding hydrogens is 636 g/mol. The van der Waals surface area contributed by atoms with Crippen LogP contribution in [0.2, 0.25) is 0 Å². The second kappa shape index (κ2) is 19.7. The minimum absolute atomic E-state index is 0.0182. The largest absolute Gasteiger partial charge is 0.534 e. The van der Waals surface area contributed by atoms with Gasteiger partial charge in [-0.2, -0.15) is 0 Å². The number of ether oxygens (including phenoxy) is 5. The minimum atomic E-state index is -1.12. The van der Waals surface area contributed by atoms with Crippen molar-refractivity contribution >= 4 is 45.7 Å². The summed E-state index contributed by atoms with van der Waals surface area (Å²) in [5.41, 5.74) is 0.677. The number of hydrogen-bond donors (Lipinski definition) is 1. The molecule has 0 spiro atoms. The van der Waals surface area contributed by atoms with Gasteiger partial charge >= 0.3 is 12.2 Å². The molecule has 1 aliphatic heterocycles. The Labute approximate surface area is 277 Å². The molecule has 0 aromatic heterocycles. The van der Waals surface area contributed by atoms with Gasteiger partial charge in [-0.05, 0) is 74.5 Å². The molecular formula is C32H44N2O10S2. The number of benzene rings is 1. The summed E-state index contributed by atoms with van der Waals surface area (Å²) in [7, 11) is 3.42. The topological polar surface area (TPSA) is 139 Å². The van der Waals surface area contributed by atoms with E-state index in [1.807, 2.05) is 6.92 Å². The lowest BCUT2D eigenvalue weighted by atomic mass is 10.1. The molecule has 1 N–H and O–H groups in total. The summed E-state index contributed by atoms with van der Waals surface area (Å²) < 4.78 is 27.5. The van der Waals surface area contributed by atoms with E-state index in [0.29, 0.717) is 55.3 Å². The average molecular weight is 681 g/mol. The van der Waals surface area contributed by atoms with E-state index in [1.54, 1.807) is 45.9 Å². The van der Waals surface area contributed by atoms with Gasteiger partial charge in [-0.15, -0.1) is 0 Å². The molecule has 3 aliphatic rings. The molecule has 1 saturated carbocycles. The zero-order valence-corrected chi connectivity index (χ0v) is 27.9. The van der Waals surface area contributed by atoms with Crippen LogP contribution in [-0.2, 0) is 40.0 Å².